The van der Waals surface area contributed by atoms with E-state index in [4.69, 9.17) is 19.9 Å². The van der Waals surface area contributed by atoms with E-state index in [1.807, 2.05) is 30.3 Å². The van der Waals surface area contributed by atoms with Gasteiger partial charge in [-0.3, -0.25) is 9.79 Å². The minimum Gasteiger partial charge on any atom is -0.508 e. The summed E-state index contributed by atoms with van der Waals surface area (Å²) in [6.07, 6.45) is 22.8. The third kappa shape index (κ3) is 11.1. The highest BCUT2D eigenvalue weighted by Crippen LogP contribution is 2.42. The fourth-order valence-electron chi connectivity index (χ4n) is 9.42. The lowest BCUT2D eigenvalue weighted by molar-refractivity contribution is -0.121. The predicted octanol–water partition coefficient (Wildman–Crippen LogP) is 11.2. The van der Waals surface area contributed by atoms with Crippen molar-refractivity contribution in [1.29, 1.82) is 0 Å². The molecule has 0 saturated heterocycles. The number of nitrogens with zero attached hydrogens (tertiary/aromatic N) is 1. The molecule has 2 heterocycles. The second-order valence-corrected chi connectivity index (χ2v) is 17.3. The van der Waals surface area contributed by atoms with Gasteiger partial charge in [0.15, 0.2) is 17.5 Å². The number of rotatable bonds is 13. The molecule has 6 bridgehead atoms. The number of hydrogen-bond acceptors (Lipinski definition) is 7. The SMILES string of the molecule is CCCCCc1c(CCCC[C@@H]2C=CC(O)=C[C@H]2C[C@@H]2CC(=O)CCc3ccc(OC)c(c3)OCc3ccc4c(c(O)cc5c4c3C=C[C@H]5C)CC#CO2)cccc1NC(N)=NC. The van der Waals surface area contributed by atoms with Crippen LogP contribution in [0.1, 0.15) is 116 Å². The van der Waals surface area contributed by atoms with E-state index in [-0.39, 0.29) is 47.9 Å². The van der Waals surface area contributed by atoms with Crippen LogP contribution in [0.5, 0.6) is 17.2 Å². The van der Waals surface area contributed by atoms with Crippen molar-refractivity contribution in [3.05, 3.63) is 124 Å². The highest BCUT2D eigenvalue weighted by molar-refractivity contribution is 6.00. The number of nitrogens with two attached hydrogens (primary N) is 1. The molecule has 0 amide bonds. The second kappa shape index (κ2) is 21.3. The number of fused-ring (bicyclic) bond motifs is 9. The smallest absolute Gasteiger partial charge is 0.192 e. The summed E-state index contributed by atoms with van der Waals surface area (Å²) in [5.41, 5.74) is 14.6. The van der Waals surface area contributed by atoms with Gasteiger partial charge in [-0.25, -0.2) is 0 Å². The quantitative estimate of drug-likeness (QED) is 0.0452. The molecule has 9 nitrogen and oxygen atoms in total. The van der Waals surface area contributed by atoms with Crippen molar-refractivity contribution in [2.24, 2.45) is 22.6 Å². The molecule has 63 heavy (non-hydrogen) atoms. The van der Waals surface area contributed by atoms with E-state index in [1.54, 1.807) is 20.2 Å². The molecule has 2 aliphatic heterocycles. The van der Waals surface area contributed by atoms with Gasteiger partial charge in [0.25, 0.3) is 0 Å². The van der Waals surface area contributed by atoms with Crippen LogP contribution in [0.2, 0.25) is 0 Å². The zero-order chi connectivity index (χ0) is 44.3. The molecule has 330 valence electrons. The number of ether oxygens (including phenoxy) is 3. The first kappa shape index (κ1) is 44.9. The number of aliphatic hydroxyl groups excluding tert-OH is 1. The number of anilines is 1. The van der Waals surface area contributed by atoms with Crippen LogP contribution in [0.15, 0.2) is 89.7 Å². The highest BCUT2D eigenvalue weighted by Gasteiger charge is 2.27. The van der Waals surface area contributed by atoms with Crippen molar-refractivity contribution in [3.8, 4) is 29.3 Å². The van der Waals surface area contributed by atoms with Crippen molar-refractivity contribution in [2.75, 3.05) is 19.5 Å². The van der Waals surface area contributed by atoms with Crippen LogP contribution in [-0.2, 0) is 41.8 Å². The van der Waals surface area contributed by atoms with Gasteiger partial charge in [-0.15, -0.1) is 0 Å². The molecule has 0 fully saturated rings. The van der Waals surface area contributed by atoms with Gasteiger partial charge in [0.05, 0.1) is 7.11 Å². The molecule has 0 unspecified atom stereocenters. The maximum atomic E-state index is 13.8. The largest absolute Gasteiger partial charge is 0.508 e. The Morgan fingerprint density at radius 2 is 1.86 bits per heavy atom. The third-order valence-corrected chi connectivity index (χ3v) is 12.9. The van der Waals surface area contributed by atoms with Gasteiger partial charge in [-0.05, 0) is 137 Å². The number of phenols is 1. The number of aliphatic imine (C=N–C) groups is 1. The normalized spacial score (nSPS) is 19.9. The lowest BCUT2D eigenvalue weighted by Gasteiger charge is -2.28. The van der Waals surface area contributed by atoms with Crippen LogP contribution in [-0.4, -0.2) is 42.2 Å². The van der Waals surface area contributed by atoms with Gasteiger partial charge in [-0.1, -0.05) is 87.6 Å². The van der Waals surface area contributed by atoms with Crippen LogP contribution in [0.4, 0.5) is 5.69 Å². The summed E-state index contributed by atoms with van der Waals surface area (Å²) in [4.78, 5) is 17.9. The molecule has 4 aromatic rings. The third-order valence-electron chi connectivity index (χ3n) is 12.9. The number of methoxy groups -OCH3 is 1. The molecule has 8 rings (SSSR count). The van der Waals surface area contributed by atoms with Crippen LogP contribution in [0.3, 0.4) is 0 Å². The monoisotopic (exact) mass is 849 g/mol. The number of Topliss-reactive ketones (excluding diaryl/α,β-unsaturated/α-hetero) is 1. The lowest BCUT2D eigenvalue weighted by atomic mass is 9.80. The van der Waals surface area contributed by atoms with Crippen LogP contribution in [0.25, 0.3) is 16.8 Å². The number of ketones is 1. The molecule has 4 aromatic carbocycles. The Kier molecular flexibility index (Phi) is 15.2. The number of aromatic hydroxyl groups is 1. The fourth-order valence-corrected chi connectivity index (χ4v) is 9.42. The minimum atomic E-state index is -0.497. The van der Waals surface area contributed by atoms with E-state index < -0.39 is 6.10 Å². The standard InChI is InChI=1S/C54H63N3O6/c1-5-6-7-15-44-38(14-10-17-49(44)57-54(55)56-3)13-9-8-12-37-21-24-41(58)30-40(37)31-43-32-42(59)23-19-36-20-27-51(61-4)52(29-36)63-34-39-22-26-47-46(16-11-28-62-43)50(60)33-48-35(2)18-25-45(39)53(47)48/h10,14,17-18,20-22,24-27,29-30,33,35,37,40,43,58,60H,5-9,12-13,15-16,19,23,31-32,34H2,1-4H3,(H3,55,56,57)/t35-,37-,40+,43-/m1/s1. The molecular weight excluding hydrogens is 787 g/mol. The van der Waals surface area contributed by atoms with E-state index in [2.05, 4.69) is 84.7 Å². The van der Waals surface area contributed by atoms with Crippen molar-refractivity contribution in [3.63, 3.8) is 0 Å². The molecule has 0 spiro atoms. The Labute approximate surface area is 373 Å². The summed E-state index contributed by atoms with van der Waals surface area (Å²) in [6, 6.07) is 18.2. The number of carbonyl (C=O) groups excluding carboxylic acids is 1. The zero-order valence-corrected chi connectivity index (χ0v) is 37.3. The summed E-state index contributed by atoms with van der Waals surface area (Å²) < 4.78 is 18.4. The van der Waals surface area contributed by atoms with E-state index in [0.717, 1.165) is 89.2 Å². The number of nitrogens with one attached hydrogen (secondary N) is 1. The Balaban J connectivity index is 1.11. The molecule has 5 N–H and O–H groups in total. The molecule has 9 heteroatoms. The Bertz CT molecular complexity index is 2470. The summed E-state index contributed by atoms with van der Waals surface area (Å²) in [7, 11) is 3.32. The van der Waals surface area contributed by atoms with Gasteiger partial charge in [0.2, 0.25) is 0 Å². The molecule has 4 atom stereocenters. The number of hydrogen-bond donors (Lipinski definition) is 4. The van der Waals surface area contributed by atoms with Crippen molar-refractivity contribution >= 4 is 34.3 Å². The van der Waals surface area contributed by atoms with Crippen LogP contribution < -0.4 is 20.5 Å². The summed E-state index contributed by atoms with van der Waals surface area (Å²) in [5, 5.41) is 27.4. The fraction of sp³-hybridized carbons (Fsp3) is 0.407. The summed E-state index contributed by atoms with van der Waals surface area (Å²) >= 11 is 0. The molecule has 2 aliphatic carbocycles. The average molecular weight is 850 g/mol. The van der Waals surface area contributed by atoms with E-state index in [1.165, 1.54) is 17.5 Å². The zero-order valence-electron chi connectivity index (χ0n) is 37.3. The molecule has 0 radical (unpaired) electrons. The number of unbranched alkanes of at least 4 members (excludes halogenated alkanes) is 3. The number of aliphatic hydroxyl groups is 1. The highest BCUT2D eigenvalue weighted by atomic mass is 16.5. The Hall–Kier alpha value is -6.14. The summed E-state index contributed by atoms with van der Waals surface area (Å²) in [5.74, 6) is 5.60. The van der Waals surface area contributed by atoms with Crippen molar-refractivity contribution in [2.45, 2.75) is 116 Å². The molecular formula is C54H63N3O6. The first-order chi connectivity index (χ1) is 30.6. The van der Waals surface area contributed by atoms with Gasteiger partial charge in [0.1, 0.15) is 36.1 Å². The maximum Gasteiger partial charge on any atom is 0.192 e. The van der Waals surface area contributed by atoms with Gasteiger partial charge in [-0.2, -0.15) is 0 Å². The number of benzene rings is 4. The average Bonchev–Trinajstić information content (AvgIpc) is 3.28. The number of guanidine groups is 1. The summed E-state index contributed by atoms with van der Waals surface area (Å²) in [6.45, 7) is 4.68. The molecule has 4 aliphatic rings. The lowest BCUT2D eigenvalue weighted by Crippen LogP contribution is -2.24. The second-order valence-electron chi connectivity index (χ2n) is 17.3. The van der Waals surface area contributed by atoms with E-state index in [0.29, 0.717) is 43.3 Å². The minimum absolute atomic E-state index is 0.0420. The van der Waals surface area contributed by atoms with Gasteiger partial charge >= 0.3 is 0 Å². The Morgan fingerprint density at radius 1 is 1.00 bits per heavy atom. The van der Waals surface area contributed by atoms with E-state index >= 15 is 0 Å². The predicted molar refractivity (Wildman–Crippen MR) is 255 cm³/mol. The van der Waals surface area contributed by atoms with Crippen LogP contribution in [0, 0.1) is 23.9 Å². The Morgan fingerprint density at radius 3 is 2.68 bits per heavy atom. The topological polar surface area (TPSA) is 136 Å². The van der Waals surface area contributed by atoms with Crippen LogP contribution >= 0.6 is 0 Å². The maximum absolute atomic E-state index is 13.8. The van der Waals surface area contributed by atoms with Gasteiger partial charge in [0, 0.05) is 43.5 Å². The van der Waals surface area contributed by atoms with Crippen molar-refractivity contribution < 1.29 is 29.2 Å². The molecule has 0 aromatic heterocycles. The number of phenolic OH excluding ortho intramolecular Hbond substituents is 1. The first-order valence-electron chi connectivity index (χ1n) is 22.8. The van der Waals surface area contributed by atoms with Gasteiger partial charge < -0.3 is 35.5 Å². The van der Waals surface area contributed by atoms with E-state index in [9.17, 15) is 15.0 Å². The number of allylic oxidation sites excluding steroid dienone is 4. The number of aryl methyl sites for hydroxylation is 2. The van der Waals surface area contributed by atoms with Crippen molar-refractivity contribution in [1.82, 2.24) is 0 Å². The number of carbonyl (C=O) groups is 1. The molecule has 0 saturated carbocycles. The first-order valence-corrected chi connectivity index (χ1v) is 22.8.